The molecule has 0 spiro atoms. The minimum atomic E-state index is -2.35. The molecule has 8 atom stereocenters. The van der Waals surface area contributed by atoms with Crippen molar-refractivity contribution >= 4 is 23.6 Å². The summed E-state index contributed by atoms with van der Waals surface area (Å²) < 4.78 is 33.5. The SMILES string of the molecule is C=CCOC(=O)N(C)CCN(C)C(=O)[C@]1(O)Cc2c(O)c3c(c(O)c2[C@@H](O[C@H]2C[C@H]([N+]4([O-])CCO[C@H](OC(C)C)C4)[C@H](O)[C@H](C)O2)C1)C(=O)c1c(OC)cccc1C3=O. The van der Waals surface area contributed by atoms with Gasteiger partial charge in [0.25, 0.3) is 5.91 Å². The third kappa shape index (κ3) is 8.28. The lowest BCUT2D eigenvalue weighted by Gasteiger charge is -2.56. The molecule has 0 bridgehead atoms. The number of amides is 2. The van der Waals surface area contributed by atoms with Crippen LogP contribution in [0.4, 0.5) is 4.79 Å². The number of ketones is 2. The first-order valence-corrected chi connectivity index (χ1v) is 19.5. The van der Waals surface area contributed by atoms with Crippen LogP contribution in [0.3, 0.4) is 0 Å². The van der Waals surface area contributed by atoms with Crippen molar-refractivity contribution in [3.8, 4) is 17.2 Å². The number of morpholine rings is 1. The van der Waals surface area contributed by atoms with Crippen LogP contribution in [0.25, 0.3) is 0 Å². The molecule has 1 unspecified atom stereocenters. The van der Waals surface area contributed by atoms with Crippen LogP contribution in [0.2, 0.25) is 0 Å². The van der Waals surface area contributed by atoms with Gasteiger partial charge >= 0.3 is 6.09 Å². The molecule has 4 aliphatic rings. The molecule has 2 amide bonds. The Hall–Kier alpha value is -4.66. The molecule has 2 fully saturated rings. The zero-order valence-corrected chi connectivity index (χ0v) is 34.0. The number of aliphatic hydroxyl groups excluding tert-OH is 1. The van der Waals surface area contributed by atoms with E-state index in [2.05, 4.69) is 6.58 Å². The van der Waals surface area contributed by atoms with Gasteiger partial charge in [-0.05, 0) is 26.8 Å². The lowest BCUT2D eigenvalue weighted by Crippen LogP contribution is -2.67. The number of phenolic OH excluding ortho intramolecular Hbond substituents is 2. The molecule has 2 aromatic rings. The van der Waals surface area contributed by atoms with Gasteiger partial charge in [0, 0.05) is 56.7 Å². The summed E-state index contributed by atoms with van der Waals surface area (Å²) in [5.74, 6) is -3.87. The van der Waals surface area contributed by atoms with E-state index >= 15 is 0 Å². The Bertz CT molecular complexity index is 1990. The number of phenols is 2. The van der Waals surface area contributed by atoms with E-state index in [1.807, 2.05) is 13.8 Å². The highest BCUT2D eigenvalue weighted by Gasteiger charge is 2.53. The first kappa shape index (κ1) is 43.9. The van der Waals surface area contributed by atoms with Crippen LogP contribution in [0.15, 0.2) is 30.9 Å². The van der Waals surface area contributed by atoms with E-state index in [1.54, 1.807) is 6.92 Å². The largest absolute Gasteiger partial charge is 0.632 e. The number of carbonyl (C=O) groups excluding carboxylic acids is 4. The molecule has 18 nitrogen and oxygen atoms in total. The van der Waals surface area contributed by atoms with Crippen molar-refractivity contribution in [3.63, 3.8) is 0 Å². The molecule has 59 heavy (non-hydrogen) atoms. The predicted octanol–water partition coefficient (Wildman–Crippen LogP) is 2.29. The molecular weight excluding hydrogens is 774 g/mol. The van der Waals surface area contributed by atoms with E-state index in [-0.39, 0.29) is 79.9 Å². The van der Waals surface area contributed by atoms with Crippen LogP contribution in [0, 0.1) is 5.21 Å². The minimum absolute atomic E-state index is 0.00462. The lowest BCUT2D eigenvalue weighted by atomic mass is 9.72. The first-order valence-electron chi connectivity index (χ1n) is 19.5. The fourth-order valence-electron chi connectivity index (χ4n) is 8.47. The molecular formula is C41H53N3O15. The zero-order valence-electron chi connectivity index (χ0n) is 34.0. The zero-order chi connectivity index (χ0) is 43.1. The lowest BCUT2D eigenvalue weighted by molar-refractivity contribution is -0.926. The summed E-state index contributed by atoms with van der Waals surface area (Å²) >= 11 is 0. The fraction of sp³-hybridized carbons (Fsp3) is 0.561. The third-order valence-electron chi connectivity index (χ3n) is 11.5. The molecule has 2 heterocycles. The van der Waals surface area contributed by atoms with Gasteiger partial charge in [0.2, 0.25) is 12.1 Å². The van der Waals surface area contributed by atoms with E-state index in [0.717, 1.165) is 0 Å². The summed E-state index contributed by atoms with van der Waals surface area (Å²) in [5, 5.41) is 62.0. The number of benzene rings is 2. The Morgan fingerprint density at radius 3 is 2.46 bits per heavy atom. The standard InChI is InChI=1S/C41H53N3O15/c1-8-15-56-40(51)43(6)13-12-42(5)39(50)41(52)18-24-31(38(49)33-32(36(24)47)35(46)23-10-9-11-26(54-7)30(23)37(33)48)27(19-41)59-28-17-25(34(45)22(4)58-28)44(53)14-16-55-29(20-44)57-21(2)3/h8-11,21-22,25,27-29,34,45,47,49,52H,1,12-20H2,2-7H3/t22-,25-,27-,28-,29+,34+,41-,44?/m0/s1. The van der Waals surface area contributed by atoms with Crippen LogP contribution in [0.1, 0.15) is 82.7 Å². The highest BCUT2D eigenvalue weighted by Crippen LogP contribution is 2.53. The number of hydroxylamine groups is 3. The molecule has 322 valence electrons. The number of fused-ring (bicyclic) bond motifs is 3. The normalized spacial score (nSPS) is 28.9. The number of hydrogen-bond donors (Lipinski definition) is 4. The van der Waals surface area contributed by atoms with E-state index < -0.39 is 106 Å². The maximum Gasteiger partial charge on any atom is 0.409 e. The van der Waals surface area contributed by atoms with E-state index in [4.69, 9.17) is 28.4 Å². The van der Waals surface area contributed by atoms with Gasteiger partial charge in [0.1, 0.15) is 54.7 Å². The molecule has 6 rings (SSSR count). The number of hydrogen-bond acceptors (Lipinski definition) is 15. The summed E-state index contributed by atoms with van der Waals surface area (Å²) in [6, 6.07) is 3.34. The molecule has 2 aliphatic carbocycles. The highest BCUT2D eigenvalue weighted by atomic mass is 16.7. The summed E-state index contributed by atoms with van der Waals surface area (Å²) in [6.07, 6.45) is -6.66. The van der Waals surface area contributed by atoms with Crippen molar-refractivity contribution in [1.82, 2.24) is 9.80 Å². The maximum atomic E-state index is 14.4. The second-order valence-electron chi connectivity index (χ2n) is 15.8. The Kier molecular flexibility index (Phi) is 12.8. The van der Waals surface area contributed by atoms with E-state index in [1.165, 1.54) is 55.3 Å². The van der Waals surface area contributed by atoms with Crippen molar-refractivity contribution in [2.24, 2.45) is 0 Å². The molecule has 4 N–H and O–H groups in total. The van der Waals surface area contributed by atoms with Crippen molar-refractivity contribution in [2.45, 2.75) is 88.7 Å². The van der Waals surface area contributed by atoms with Crippen LogP contribution in [-0.4, -0.2) is 162 Å². The van der Waals surface area contributed by atoms with Crippen molar-refractivity contribution in [3.05, 3.63) is 69.4 Å². The van der Waals surface area contributed by atoms with E-state index in [0.29, 0.717) is 0 Å². The van der Waals surface area contributed by atoms with Crippen LogP contribution >= 0.6 is 0 Å². The van der Waals surface area contributed by atoms with Gasteiger partial charge in [-0.1, -0.05) is 24.8 Å². The number of methoxy groups -OCH3 is 1. The topological polar surface area (TPSA) is 234 Å². The van der Waals surface area contributed by atoms with Gasteiger partial charge in [0.15, 0.2) is 12.1 Å². The molecule has 0 aromatic heterocycles. The molecule has 0 radical (unpaired) electrons. The fourth-order valence-corrected chi connectivity index (χ4v) is 8.47. The van der Waals surface area contributed by atoms with Crippen molar-refractivity contribution in [2.75, 3.05) is 60.6 Å². The maximum absolute atomic E-state index is 14.4. The van der Waals surface area contributed by atoms with E-state index in [9.17, 15) is 44.8 Å². The van der Waals surface area contributed by atoms with Crippen molar-refractivity contribution < 1.29 is 72.7 Å². The predicted molar refractivity (Wildman–Crippen MR) is 207 cm³/mol. The van der Waals surface area contributed by atoms with Gasteiger partial charge in [0.05, 0.1) is 55.1 Å². The number of ether oxygens (including phenoxy) is 6. The second kappa shape index (κ2) is 17.1. The van der Waals surface area contributed by atoms with Crippen LogP contribution < -0.4 is 4.74 Å². The Balaban J connectivity index is 1.38. The third-order valence-corrected chi connectivity index (χ3v) is 11.5. The number of aromatic hydroxyl groups is 2. The summed E-state index contributed by atoms with van der Waals surface area (Å²) in [4.78, 5) is 57.2. The van der Waals surface area contributed by atoms with Gasteiger partial charge in [-0.2, -0.15) is 0 Å². The second-order valence-corrected chi connectivity index (χ2v) is 15.8. The molecule has 0 saturated carbocycles. The summed E-state index contributed by atoms with van der Waals surface area (Å²) in [7, 11) is 4.18. The van der Waals surface area contributed by atoms with Crippen LogP contribution in [0.5, 0.6) is 17.2 Å². The highest BCUT2D eigenvalue weighted by molar-refractivity contribution is 6.31. The number of quaternary nitrogens is 1. The van der Waals surface area contributed by atoms with Gasteiger partial charge in [-0.3, -0.25) is 14.4 Å². The Morgan fingerprint density at radius 1 is 1.08 bits per heavy atom. The average Bonchev–Trinajstić information content (AvgIpc) is 3.19. The molecule has 18 heteroatoms. The summed E-state index contributed by atoms with van der Waals surface area (Å²) in [5.41, 5.74) is -4.01. The molecule has 2 aromatic carbocycles. The summed E-state index contributed by atoms with van der Waals surface area (Å²) in [6.45, 7) is 8.53. The van der Waals surface area contributed by atoms with Crippen molar-refractivity contribution in [1.29, 1.82) is 0 Å². The number of nitrogens with zero attached hydrogens (tertiary/aromatic N) is 3. The van der Waals surface area contributed by atoms with Gasteiger partial charge < -0.3 is 68.5 Å². The first-order chi connectivity index (χ1) is 27.8. The molecule has 2 saturated heterocycles. The number of rotatable bonds is 12. The number of aliphatic hydroxyl groups is 2. The Labute approximate surface area is 341 Å². The quantitative estimate of drug-likeness (QED) is 0.0888. The number of likely N-dealkylation sites (N-methyl/N-ethyl adjacent to an activating group) is 2. The smallest absolute Gasteiger partial charge is 0.409 e. The molecule has 2 aliphatic heterocycles. The van der Waals surface area contributed by atoms with Crippen LogP contribution in [-0.2, 0) is 34.9 Å². The van der Waals surface area contributed by atoms with Gasteiger partial charge in [-0.15, -0.1) is 0 Å². The van der Waals surface area contributed by atoms with Gasteiger partial charge in [-0.25, -0.2) is 4.79 Å². The number of carbonyl (C=O) groups is 4. The monoisotopic (exact) mass is 827 g/mol. The minimum Gasteiger partial charge on any atom is -0.632 e. The average molecular weight is 828 g/mol. The Morgan fingerprint density at radius 2 is 1.78 bits per heavy atom.